The zero-order valence-electron chi connectivity index (χ0n) is 17.8. The smallest absolute Gasteiger partial charge is 0.240 e. The third-order valence-electron chi connectivity index (χ3n) is 5.75. The summed E-state index contributed by atoms with van der Waals surface area (Å²) in [5, 5.41) is 12.1. The molecule has 0 radical (unpaired) electrons. The fourth-order valence-electron chi connectivity index (χ4n) is 3.83. The van der Waals surface area contributed by atoms with E-state index in [0.717, 1.165) is 33.8 Å². The van der Waals surface area contributed by atoms with Gasteiger partial charge in [0.05, 0.1) is 6.04 Å². The second-order valence-corrected chi connectivity index (χ2v) is 8.91. The molecule has 0 fully saturated rings. The van der Waals surface area contributed by atoms with Crippen LogP contribution in [0, 0.1) is 13.8 Å². The first-order chi connectivity index (χ1) is 15.6. The number of thioether (sulfide) groups is 1. The Kier molecular flexibility index (Phi) is 5.41. The van der Waals surface area contributed by atoms with Crippen molar-refractivity contribution in [1.29, 1.82) is 0 Å². The summed E-state index contributed by atoms with van der Waals surface area (Å²) in [5.74, 6) is 0.656. The summed E-state index contributed by atoms with van der Waals surface area (Å²) in [6.07, 6.45) is 0. The summed E-state index contributed by atoms with van der Waals surface area (Å²) in [4.78, 5) is 13.5. The van der Waals surface area contributed by atoms with Crippen LogP contribution in [-0.4, -0.2) is 26.0 Å². The lowest BCUT2D eigenvalue weighted by molar-refractivity contribution is -0.116. The lowest BCUT2D eigenvalue weighted by Gasteiger charge is -2.33. The van der Waals surface area contributed by atoms with Crippen molar-refractivity contribution in [2.75, 3.05) is 10.7 Å². The molecule has 2 N–H and O–H groups in total. The van der Waals surface area contributed by atoms with Crippen LogP contribution < -0.4 is 10.7 Å². The Morgan fingerprint density at radius 1 is 0.938 bits per heavy atom. The molecule has 1 aromatic heterocycles. The molecule has 0 unspecified atom stereocenters. The number of hydrogen-bond acceptors (Lipinski definition) is 5. The van der Waals surface area contributed by atoms with Gasteiger partial charge in [-0.2, -0.15) is 0 Å². The van der Waals surface area contributed by atoms with Crippen molar-refractivity contribution in [3.63, 3.8) is 0 Å². The van der Waals surface area contributed by atoms with E-state index in [0.29, 0.717) is 5.16 Å². The number of benzene rings is 3. The topological polar surface area (TPSA) is 71.8 Å². The minimum absolute atomic E-state index is 0.0689. The molecule has 0 aliphatic carbocycles. The third-order valence-corrected chi connectivity index (χ3v) is 6.96. The molecule has 1 aliphatic rings. The van der Waals surface area contributed by atoms with Crippen LogP contribution in [0.2, 0.25) is 0 Å². The number of nitrogens with zero attached hydrogens (tertiary/aromatic N) is 3. The van der Waals surface area contributed by atoms with Gasteiger partial charge < -0.3 is 10.7 Å². The number of carbonyl (C=O) groups is 1. The third kappa shape index (κ3) is 3.76. The lowest BCUT2D eigenvalue weighted by Crippen LogP contribution is -2.41. The van der Waals surface area contributed by atoms with Gasteiger partial charge in [0.25, 0.3) is 0 Å². The van der Waals surface area contributed by atoms with E-state index in [-0.39, 0.29) is 11.9 Å². The molecule has 4 aromatic rings. The van der Waals surface area contributed by atoms with E-state index in [9.17, 15) is 4.79 Å². The first-order valence-electron chi connectivity index (χ1n) is 10.5. The van der Waals surface area contributed by atoms with Crippen LogP contribution in [-0.2, 0) is 4.79 Å². The van der Waals surface area contributed by atoms with Crippen LogP contribution in [0.1, 0.15) is 22.7 Å². The second kappa shape index (κ2) is 8.51. The molecule has 5 rings (SSSR count). The Morgan fingerprint density at radius 2 is 1.66 bits per heavy atom. The number of amides is 1. The highest BCUT2D eigenvalue weighted by Gasteiger charge is 2.38. The van der Waals surface area contributed by atoms with Gasteiger partial charge in [0, 0.05) is 11.3 Å². The van der Waals surface area contributed by atoms with E-state index >= 15 is 0 Å². The first-order valence-corrected chi connectivity index (χ1v) is 11.4. The van der Waals surface area contributed by atoms with Gasteiger partial charge >= 0.3 is 0 Å². The number of fused-ring (bicyclic) bond motifs is 1. The Labute approximate surface area is 191 Å². The molecule has 1 amide bonds. The van der Waals surface area contributed by atoms with Crippen LogP contribution in [0.25, 0.3) is 11.4 Å². The fraction of sp³-hybridized carbons (Fsp3) is 0.160. The van der Waals surface area contributed by atoms with Crippen molar-refractivity contribution < 1.29 is 4.79 Å². The van der Waals surface area contributed by atoms with Crippen molar-refractivity contribution in [3.8, 4) is 11.4 Å². The minimum atomic E-state index is -0.419. The highest BCUT2D eigenvalue weighted by atomic mass is 32.2. The van der Waals surface area contributed by atoms with Crippen LogP contribution in [0.3, 0.4) is 0 Å². The van der Waals surface area contributed by atoms with Gasteiger partial charge in [0.15, 0.2) is 5.82 Å². The summed E-state index contributed by atoms with van der Waals surface area (Å²) in [5.41, 5.74) is 8.55. The van der Waals surface area contributed by atoms with Crippen LogP contribution >= 0.6 is 11.8 Å². The summed E-state index contributed by atoms with van der Waals surface area (Å²) in [7, 11) is 0. The van der Waals surface area contributed by atoms with Gasteiger partial charge in [0.1, 0.15) is 5.25 Å². The predicted molar refractivity (Wildman–Crippen MR) is 128 cm³/mol. The summed E-state index contributed by atoms with van der Waals surface area (Å²) in [6.45, 7) is 4.07. The Morgan fingerprint density at radius 3 is 2.41 bits per heavy atom. The number of anilines is 1. The molecule has 7 heteroatoms. The molecule has 2 atom stereocenters. The molecule has 1 aliphatic heterocycles. The molecule has 0 spiro atoms. The zero-order valence-corrected chi connectivity index (χ0v) is 18.6. The molecule has 0 saturated heterocycles. The molecule has 0 bridgehead atoms. The predicted octanol–water partition coefficient (Wildman–Crippen LogP) is 4.96. The highest BCUT2D eigenvalue weighted by molar-refractivity contribution is 8.00. The standard InChI is InChI=1S/C25H23N5OS/c1-16-10-9-15-20(17(16)2)26-24(31)22-21(18-11-5-3-6-12-18)29-30-23(27-28-25(30)32-22)19-13-7-4-8-14-19/h3-15,21-22,29H,1-2H3,(H,26,31)/t21-,22+/m0/s1. The molecule has 0 saturated carbocycles. The normalized spacial score (nSPS) is 17.3. The number of aromatic nitrogens is 3. The second-order valence-electron chi connectivity index (χ2n) is 7.80. The quantitative estimate of drug-likeness (QED) is 0.468. The van der Waals surface area contributed by atoms with Crippen molar-refractivity contribution in [3.05, 3.63) is 95.6 Å². The first kappa shape index (κ1) is 20.3. The molecule has 160 valence electrons. The van der Waals surface area contributed by atoms with Gasteiger partial charge in [-0.05, 0) is 36.6 Å². The Bertz CT molecular complexity index is 1260. The van der Waals surface area contributed by atoms with Crippen molar-refractivity contribution in [2.45, 2.75) is 30.3 Å². The zero-order chi connectivity index (χ0) is 22.1. The number of nitrogens with one attached hydrogen (secondary N) is 2. The van der Waals surface area contributed by atoms with E-state index < -0.39 is 5.25 Å². The largest absolute Gasteiger partial charge is 0.325 e. The average Bonchev–Trinajstić information content (AvgIpc) is 3.25. The van der Waals surface area contributed by atoms with Crippen molar-refractivity contribution >= 4 is 23.4 Å². The summed E-state index contributed by atoms with van der Waals surface area (Å²) < 4.78 is 1.89. The number of hydrogen-bond donors (Lipinski definition) is 2. The number of carbonyl (C=O) groups excluding carboxylic acids is 1. The van der Waals surface area contributed by atoms with E-state index in [2.05, 4.69) is 20.9 Å². The van der Waals surface area contributed by atoms with Crippen LogP contribution in [0.5, 0.6) is 0 Å². The van der Waals surface area contributed by atoms with Crippen molar-refractivity contribution in [2.24, 2.45) is 0 Å². The average molecular weight is 442 g/mol. The van der Waals surface area contributed by atoms with Gasteiger partial charge in [-0.3, -0.25) is 4.79 Å². The number of aryl methyl sites for hydroxylation is 1. The summed E-state index contributed by atoms with van der Waals surface area (Å²) in [6, 6.07) is 25.6. The van der Waals surface area contributed by atoms with E-state index in [1.54, 1.807) is 0 Å². The Balaban J connectivity index is 1.51. The maximum atomic E-state index is 13.5. The monoisotopic (exact) mass is 441 g/mol. The van der Waals surface area contributed by atoms with Crippen molar-refractivity contribution in [1.82, 2.24) is 14.9 Å². The van der Waals surface area contributed by atoms with Crippen LogP contribution in [0.15, 0.2) is 84.0 Å². The van der Waals surface area contributed by atoms with Gasteiger partial charge in [-0.1, -0.05) is 84.6 Å². The van der Waals surface area contributed by atoms with Gasteiger partial charge in [-0.25, -0.2) is 4.68 Å². The van der Waals surface area contributed by atoms with Crippen LogP contribution in [0.4, 0.5) is 5.69 Å². The fourth-order valence-corrected chi connectivity index (χ4v) is 4.91. The SMILES string of the molecule is Cc1cccc(NC(=O)[C@@H]2Sc3nnc(-c4ccccc4)n3N[C@H]2c2ccccc2)c1C. The van der Waals surface area contributed by atoms with E-state index in [1.165, 1.54) is 11.8 Å². The maximum absolute atomic E-state index is 13.5. The maximum Gasteiger partial charge on any atom is 0.240 e. The van der Waals surface area contributed by atoms with E-state index in [1.807, 2.05) is 97.4 Å². The summed E-state index contributed by atoms with van der Waals surface area (Å²) >= 11 is 1.43. The molecule has 6 nitrogen and oxygen atoms in total. The number of rotatable bonds is 4. The molecule has 32 heavy (non-hydrogen) atoms. The molecular formula is C25H23N5OS. The lowest BCUT2D eigenvalue weighted by atomic mass is 10.0. The van der Waals surface area contributed by atoms with Gasteiger partial charge in [0.2, 0.25) is 11.1 Å². The molecular weight excluding hydrogens is 418 g/mol. The minimum Gasteiger partial charge on any atom is -0.325 e. The van der Waals surface area contributed by atoms with Gasteiger partial charge in [-0.15, -0.1) is 10.2 Å². The molecule has 2 heterocycles. The molecule has 3 aromatic carbocycles. The highest BCUT2D eigenvalue weighted by Crippen LogP contribution is 2.39. The van der Waals surface area contributed by atoms with E-state index in [4.69, 9.17) is 0 Å². The Hall–Kier alpha value is -3.58.